The molecule has 3 fully saturated rings. The lowest BCUT2D eigenvalue weighted by Crippen LogP contribution is -2.81. The van der Waals surface area contributed by atoms with Gasteiger partial charge in [0.05, 0.1) is 18.7 Å². The normalized spacial score (nSPS) is 25.7. The maximum absolute atomic E-state index is 13.6. The molecule has 0 radical (unpaired) electrons. The predicted octanol–water partition coefficient (Wildman–Crippen LogP) is 2.55. The lowest BCUT2D eigenvalue weighted by Gasteiger charge is -2.58. The van der Waals surface area contributed by atoms with E-state index in [9.17, 15) is 14.7 Å². The lowest BCUT2D eigenvalue weighted by molar-refractivity contribution is -0.181. The van der Waals surface area contributed by atoms with Crippen molar-refractivity contribution in [2.24, 2.45) is 0 Å². The molecule has 162 valence electrons. The second kappa shape index (κ2) is 7.87. The molecule has 2 amide bonds. The second-order valence-electron chi connectivity index (χ2n) is 8.69. The van der Waals surface area contributed by atoms with E-state index < -0.39 is 17.7 Å². The highest BCUT2D eigenvalue weighted by Crippen LogP contribution is 2.41. The number of hydrogen-bond acceptors (Lipinski definition) is 5. The zero-order valence-corrected chi connectivity index (χ0v) is 18.4. The van der Waals surface area contributed by atoms with E-state index in [-0.39, 0.29) is 18.4 Å². The highest BCUT2D eigenvalue weighted by molar-refractivity contribution is 6.31. The standard InChI is InChI=1S/C23H23Cl2N3O3/c24-17-6-3-4-15(8-17)10-27-21(30)20-9-18(29)12-28(20)23(22(27)31)13-26(14-23)11-16-5-1-2-7-19(16)25/h1-8,18,20,29H,9-14H2/t18-,20+/m1/s1. The van der Waals surface area contributed by atoms with Gasteiger partial charge in [0, 0.05) is 36.2 Å². The molecular weight excluding hydrogens is 437 g/mol. The van der Waals surface area contributed by atoms with E-state index in [1.807, 2.05) is 41.3 Å². The molecule has 2 aromatic carbocycles. The molecular formula is C23H23Cl2N3O3. The Labute approximate surface area is 190 Å². The van der Waals surface area contributed by atoms with Gasteiger partial charge in [0.25, 0.3) is 5.91 Å². The fraction of sp³-hybridized carbons (Fsp3) is 0.391. The van der Waals surface area contributed by atoms with Crippen molar-refractivity contribution in [1.82, 2.24) is 14.7 Å². The summed E-state index contributed by atoms with van der Waals surface area (Å²) in [7, 11) is 0. The van der Waals surface area contributed by atoms with Crippen LogP contribution in [0.2, 0.25) is 10.0 Å². The second-order valence-corrected chi connectivity index (χ2v) is 9.53. The minimum absolute atomic E-state index is 0.185. The van der Waals surface area contributed by atoms with E-state index in [1.165, 1.54) is 4.90 Å². The average Bonchev–Trinajstić information content (AvgIpc) is 3.10. The largest absolute Gasteiger partial charge is 0.392 e. The van der Waals surface area contributed by atoms with Gasteiger partial charge in [-0.25, -0.2) is 0 Å². The molecule has 3 heterocycles. The van der Waals surface area contributed by atoms with E-state index in [0.29, 0.717) is 42.6 Å². The number of piperazine rings is 1. The number of hydrogen-bond donors (Lipinski definition) is 1. The van der Waals surface area contributed by atoms with Crippen LogP contribution in [0.4, 0.5) is 0 Å². The molecule has 31 heavy (non-hydrogen) atoms. The lowest BCUT2D eigenvalue weighted by atomic mass is 9.82. The first-order chi connectivity index (χ1) is 14.9. The summed E-state index contributed by atoms with van der Waals surface area (Å²) in [6.45, 7) is 2.16. The minimum atomic E-state index is -0.796. The number of aliphatic hydroxyl groups excluding tert-OH is 1. The van der Waals surface area contributed by atoms with Crippen LogP contribution in [0, 0.1) is 0 Å². The smallest absolute Gasteiger partial charge is 0.252 e. The van der Waals surface area contributed by atoms with E-state index in [4.69, 9.17) is 23.2 Å². The van der Waals surface area contributed by atoms with Crippen molar-refractivity contribution in [3.05, 3.63) is 69.7 Å². The first-order valence-corrected chi connectivity index (χ1v) is 11.1. The Morgan fingerprint density at radius 2 is 1.81 bits per heavy atom. The fourth-order valence-corrected chi connectivity index (χ4v) is 5.54. The Morgan fingerprint density at radius 3 is 2.55 bits per heavy atom. The Hall–Kier alpha value is -1.96. The Morgan fingerprint density at radius 1 is 1.03 bits per heavy atom. The van der Waals surface area contributed by atoms with E-state index in [2.05, 4.69) is 4.90 Å². The summed E-state index contributed by atoms with van der Waals surface area (Å²) >= 11 is 12.4. The molecule has 0 unspecified atom stereocenters. The van der Waals surface area contributed by atoms with Crippen LogP contribution in [0.1, 0.15) is 17.5 Å². The van der Waals surface area contributed by atoms with Crippen molar-refractivity contribution in [2.45, 2.75) is 37.2 Å². The van der Waals surface area contributed by atoms with Gasteiger partial charge in [0.15, 0.2) is 0 Å². The Kier molecular flexibility index (Phi) is 5.31. The molecule has 0 saturated carbocycles. The van der Waals surface area contributed by atoms with Crippen molar-refractivity contribution in [3.63, 3.8) is 0 Å². The van der Waals surface area contributed by atoms with Gasteiger partial charge < -0.3 is 5.11 Å². The number of fused-ring (bicyclic) bond motifs is 2. The molecule has 5 rings (SSSR count). The third-order valence-electron chi connectivity index (χ3n) is 6.57. The summed E-state index contributed by atoms with van der Waals surface area (Å²) in [4.78, 5) is 32.3. The highest BCUT2D eigenvalue weighted by atomic mass is 35.5. The van der Waals surface area contributed by atoms with E-state index in [0.717, 1.165) is 11.1 Å². The number of carbonyl (C=O) groups is 2. The average molecular weight is 460 g/mol. The van der Waals surface area contributed by atoms with Gasteiger partial charge in [-0.3, -0.25) is 24.3 Å². The van der Waals surface area contributed by atoms with Gasteiger partial charge in [-0.2, -0.15) is 0 Å². The van der Waals surface area contributed by atoms with Crippen molar-refractivity contribution in [2.75, 3.05) is 19.6 Å². The number of benzene rings is 2. The molecule has 0 aromatic heterocycles. The number of nitrogens with zero attached hydrogens (tertiary/aromatic N) is 3. The van der Waals surface area contributed by atoms with Crippen LogP contribution in [-0.2, 0) is 22.7 Å². The van der Waals surface area contributed by atoms with Gasteiger partial charge in [0.1, 0.15) is 5.54 Å². The van der Waals surface area contributed by atoms with Gasteiger partial charge in [-0.1, -0.05) is 53.5 Å². The van der Waals surface area contributed by atoms with Crippen molar-refractivity contribution in [3.8, 4) is 0 Å². The SMILES string of the molecule is O=C1[C@@H]2C[C@@H](O)CN2C2(CN(Cc3ccccc3Cl)C2)C(=O)N1Cc1cccc(Cl)c1. The molecule has 6 nitrogen and oxygen atoms in total. The molecule has 2 atom stereocenters. The van der Waals surface area contributed by atoms with Gasteiger partial charge in [0.2, 0.25) is 5.91 Å². The number of rotatable bonds is 4. The number of likely N-dealkylation sites (tertiary alicyclic amines) is 1. The number of β-amino-alcohol motifs (C(OH)–C–C–N with tert-alkyl or cyclic N) is 1. The van der Waals surface area contributed by atoms with Crippen LogP contribution < -0.4 is 0 Å². The van der Waals surface area contributed by atoms with Crippen LogP contribution >= 0.6 is 23.2 Å². The Balaban J connectivity index is 1.40. The predicted molar refractivity (Wildman–Crippen MR) is 118 cm³/mol. The highest BCUT2D eigenvalue weighted by Gasteiger charge is 2.64. The zero-order valence-electron chi connectivity index (χ0n) is 16.9. The van der Waals surface area contributed by atoms with Crippen LogP contribution in [0.5, 0.6) is 0 Å². The number of amides is 2. The van der Waals surface area contributed by atoms with Crippen molar-refractivity contribution < 1.29 is 14.7 Å². The first-order valence-electron chi connectivity index (χ1n) is 10.4. The van der Waals surface area contributed by atoms with Gasteiger partial charge >= 0.3 is 0 Å². The third-order valence-corrected chi connectivity index (χ3v) is 7.18. The summed E-state index contributed by atoms with van der Waals surface area (Å²) in [5, 5.41) is 11.6. The van der Waals surface area contributed by atoms with Crippen LogP contribution in [0.15, 0.2) is 48.5 Å². The zero-order chi connectivity index (χ0) is 21.8. The van der Waals surface area contributed by atoms with Gasteiger partial charge in [-0.15, -0.1) is 0 Å². The topological polar surface area (TPSA) is 64.1 Å². The number of halogens is 2. The summed E-state index contributed by atoms with van der Waals surface area (Å²) in [5.74, 6) is -0.435. The quantitative estimate of drug-likeness (QED) is 0.711. The number of carbonyl (C=O) groups excluding carboxylic acids is 2. The molecule has 3 saturated heterocycles. The molecule has 3 aliphatic heterocycles. The minimum Gasteiger partial charge on any atom is -0.392 e. The molecule has 2 aromatic rings. The third kappa shape index (κ3) is 3.56. The fourth-order valence-electron chi connectivity index (χ4n) is 5.13. The summed E-state index contributed by atoms with van der Waals surface area (Å²) in [6, 6.07) is 14.4. The maximum Gasteiger partial charge on any atom is 0.252 e. The Bertz CT molecular complexity index is 1040. The number of imide groups is 1. The summed E-state index contributed by atoms with van der Waals surface area (Å²) < 4.78 is 0. The van der Waals surface area contributed by atoms with Crippen LogP contribution in [0.25, 0.3) is 0 Å². The van der Waals surface area contributed by atoms with Crippen molar-refractivity contribution in [1.29, 1.82) is 0 Å². The van der Waals surface area contributed by atoms with Crippen molar-refractivity contribution >= 4 is 35.0 Å². The van der Waals surface area contributed by atoms with E-state index in [1.54, 1.807) is 12.1 Å². The molecule has 0 bridgehead atoms. The van der Waals surface area contributed by atoms with Crippen LogP contribution in [0.3, 0.4) is 0 Å². The molecule has 0 aliphatic carbocycles. The summed E-state index contributed by atoms with van der Waals surface area (Å²) in [5.41, 5.74) is 1.02. The molecule has 8 heteroatoms. The summed E-state index contributed by atoms with van der Waals surface area (Å²) in [6.07, 6.45) is -0.257. The molecule has 1 spiro atoms. The van der Waals surface area contributed by atoms with Gasteiger partial charge in [-0.05, 0) is 35.7 Å². The van der Waals surface area contributed by atoms with E-state index >= 15 is 0 Å². The monoisotopic (exact) mass is 459 g/mol. The molecule has 1 N–H and O–H groups in total. The first kappa shape index (κ1) is 20.9. The maximum atomic E-state index is 13.6. The van der Waals surface area contributed by atoms with Crippen LogP contribution in [-0.4, -0.2) is 68.9 Å². The molecule has 3 aliphatic rings. The number of aliphatic hydroxyl groups is 1.